The molecule has 0 bridgehead atoms. The summed E-state index contributed by atoms with van der Waals surface area (Å²) in [5.74, 6) is 0.938. The number of nitrogens with zero attached hydrogens (tertiary/aromatic N) is 2. The number of hydrogen-bond donors (Lipinski definition) is 3. The maximum Gasteiger partial charge on any atom is 0.222 e. The van der Waals surface area contributed by atoms with Crippen molar-refractivity contribution in [1.29, 1.82) is 0 Å². The second-order valence-corrected chi connectivity index (χ2v) is 7.83. The lowest BCUT2D eigenvalue weighted by atomic mass is 10.0. The molecule has 1 aliphatic rings. The van der Waals surface area contributed by atoms with E-state index in [0.717, 1.165) is 45.0 Å². The predicted molar refractivity (Wildman–Crippen MR) is 132 cm³/mol. The van der Waals surface area contributed by atoms with E-state index in [1.165, 1.54) is 11.1 Å². The normalized spacial score (nSPS) is 15.7. The first-order valence-electron chi connectivity index (χ1n) is 10.6. The molecule has 29 heavy (non-hydrogen) atoms. The summed E-state index contributed by atoms with van der Waals surface area (Å²) in [6, 6.07) is 9.08. The molecule has 1 aliphatic heterocycles. The van der Waals surface area contributed by atoms with E-state index >= 15 is 0 Å². The monoisotopic (exact) mass is 515 g/mol. The summed E-state index contributed by atoms with van der Waals surface area (Å²) in [7, 11) is 0. The highest BCUT2D eigenvalue weighted by molar-refractivity contribution is 14.0. The van der Waals surface area contributed by atoms with Crippen molar-refractivity contribution in [2.75, 3.05) is 32.7 Å². The highest BCUT2D eigenvalue weighted by Gasteiger charge is 2.20. The van der Waals surface area contributed by atoms with Crippen LogP contribution < -0.4 is 16.0 Å². The van der Waals surface area contributed by atoms with Crippen LogP contribution in [0.3, 0.4) is 0 Å². The number of aryl methyl sites for hydroxylation is 1. The number of benzene rings is 1. The Hall–Kier alpha value is -1.35. The standard InChI is InChI=1S/C22H37N5O.HI/c1-5-23-22(25-13-12-24-21(28)17(2)3)26-20-10-14-27(15-11-20)16-19-9-7-6-8-18(19)4;/h6-9,17,20H,5,10-16H2,1-4H3,(H,24,28)(H2,23,25,26);1H. The van der Waals surface area contributed by atoms with Crippen LogP contribution in [0.25, 0.3) is 0 Å². The quantitative estimate of drug-likeness (QED) is 0.216. The smallest absolute Gasteiger partial charge is 0.222 e. The molecule has 0 aliphatic carbocycles. The molecule has 1 saturated heterocycles. The number of nitrogens with one attached hydrogen (secondary N) is 3. The van der Waals surface area contributed by atoms with Gasteiger partial charge in [-0.25, -0.2) is 0 Å². The topological polar surface area (TPSA) is 68.8 Å². The molecule has 0 spiro atoms. The third-order valence-corrected chi connectivity index (χ3v) is 5.13. The Morgan fingerprint density at radius 2 is 1.90 bits per heavy atom. The fourth-order valence-electron chi connectivity index (χ4n) is 3.33. The number of likely N-dealkylation sites (tertiary alicyclic amines) is 1. The highest BCUT2D eigenvalue weighted by Crippen LogP contribution is 2.16. The summed E-state index contributed by atoms with van der Waals surface area (Å²) in [5.41, 5.74) is 2.79. The molecule has 0 aromatic heterocycles. The lowest BCUT2D eigenvalue weighted by Gasteiger charge is -2.33. The third kappa shape index (κ3) is 9.33. The van der Waals surface area contributed by atoms with Gasteiger partial charge in [-0.2, -0.15) is 0 Å². The maximum absolute atomic E-state index is 11.6. The minimum atomic E-state index is 0. The fourth-order valence-corrected chi connectivity index (χ4v) is 3.33. The van der Waals surface area contributed by atoms with Crippen LogP contribution in [0.5, 0.6) is 0 Å². The molecule has 1 aromatic carbocycles. The zero-order chi connectivity index (χ0) is 20.4. The Morgan fingerprint density at radius 1 is 1.21 bits per heavy atom. The van der Waals surface area contributed by atoms with Crippen LogP contribution in [0, 0.1) is 12.8 Å². The summed E-state index contributed by atoms with van der Waals surface area (Å²) in [6.45, 7) is 13.3. The van der Waals surface area contributed by atoms with Crippen molar-refractivity contribution >= 4 is 35.8 Å². The number of halogens is 1. The maximum atomic E-state index is 11.6. The van der Waals surface area contributed by atoms with Crippen LogP contribution in [0.2, 0.25) is 0 Å². The first kappa shape index (κ1) is 25.7. The Balaban J connectivity index is 0.00000420. The molecule has 1 fully saturated rings. The van der Waals surface area contributed by atoms with E-state index in [2.05, 4.69) is 64.0 Å². The van der Waals surface area contributed by atoms with Crippen LogP contribution >= 0.6 is 24.0 Å². The molecule has 2 rings (SSSR count). The number of carbonyl (C=O) groups excluding carboxylic acids is 1. The first-order chi connectivity index (χ1) is 13.5. The Labute approximate surface area is 193 Å². The molecule has 164 valence electrons. The Kier molecular flexibility index (Phi) is 12.2. The number of rotatable bonds is 8. The van der Waals surface area contributed by atoms with Gasteiger partial charge in [0.2, 0.25) is 5.91 Å². The summed E-state index contributed by atoms with van der Waals surface area (Å²) in [4.78, 5) is 18.8. The minimum absolute atomic E-state index is 0. The lowest BCUT2D eigenvalue weighted by Crippen LogP contribution is -2.48. The Bertz CT molecular complexity index is 642. The molecule has 0 radical (unpaired) electrons. The average Bonchev–Trinajstić information content (AvgIpc) is 2.68. The molecule has 1 heterocycles. The van der Waals surface area contributed by atoms with Crippen molar-refractivity contribution in [3.05, 3.63) is 35.4 Å². The van der Waals surface area contributed by atoms with E-state index in [1.807, 2.05) is 13.8 Å². The molecule has 0 atom stereocenters. The summed E-state index contributed by atoms with van der Waals surface area (Å²) in [6.07, 6.45) is 2.22. The average molecular weight is 515 g/mol. The van der Waals surface area contributed by atoms with Gasteiger partial charge < -0.3 is 16.0 Å². The van der Waals surface area contributed by atoms with Gasteiger partial charge in [0, 0.05) is 44.7 Å². The lowest BCUT2D eigenvalue weighted by molar-refractivity contribution is -0.123. The first-order valence-corrected chi connectivity index (χ1v) is 10.6. The number of carbonyl (C=O) groups is 1. The zero-order valence-corrected chi connectivity index (χ0v) is 20.7. The van der Waals surface area contributed by atoms with Crippen molar-refractivity contribution in [1.82, 2.24) is 20.9 Å². The van der Waals surface area contributed by atoms with E-state index in [9.17, 15) is 4.79 Å². The van der Waals surface area contributed by atoms with Gasteiger partial charge in [-0.05, 0) is 37.8 Å². The van der Waals surface area contributed by atoms with Gasteiger partial charge in [-0.1, -0.05) is 38.1 Å². The molecular weight excluding hydrogens is 477 g/mol. The molecule has 7 heteroatoms. The van der Waals surface area contributed by atoms with Crippen molar-refractivity contribution in [2.45, 2.75) is 53.1 Å². The second-order valence-electron chi connectivity index (χ2n) is 7.83. The molecular formula is C22H38IN5O. The van der Waals surface area contributed by atoms with Gasteiger partial charge >= 0.3 is 0 Å². The molecule has 0 unspecified atom stereocenters. The van der Waals surface area contributed by atoms with E-state index < -0.39 is 0 Å². The summed E-state index contributed by atoms with van der Waals surface area (Å²) in [5, 5.41) is 9.78. The predicted octanol–water partition coefficient (Wildman–Crippen LogP) is 2.90. The van der Waals surface area contributed by atoms with Gasteiger partial charge in [-0.15, -0.1) is 24.0 Å². The van der Waals surface area contributed by atoms with E-state index in [-0.39, 0.29) is 35.8 Å². The molecule has 1 amide bonds. The van der Waals surface area contributed by atoms with Gasteiger partial charge in [0.05, 0.1) is 6.54 Å². The van der Waals surface area contributed by atoms with Crippen molar-refractivity contribution in [3.63, 3.8) is 0 Å². The van der Waals surface area contributed by atoms with Gasteiger partial charge in [-0.3, -0.25) is 14.7 Å². The van der Waals surface area contributed by atoms with E-state index in [1.54, 1.807) is 0 Å². The number of amides is 1. The second kappa shape index (κ2) is 13.8. The molecule has 6 nitrogen and oxygen atoms in total. The number of piperidine rings is 1. The van der Waals surface area contributed by atoms with Crippen LogP contribution in [0.15, 0.2) is 29.3 Å². The van der Waals surface area contributed by atoms with E-state index in [4.69, 9.17) is 0 Å². The van der Waals surface area contributed by atoms with Crippen LogP contribution in [-0.4, -0.2) is 55.5 Å². The number of hydrogen-bond acceptors (Lipinski definition) is 3. The van der Waals surface area contributed by atoms with Crippen LogP contribution in [-0.2, 0) is 11.3 Å². The third-order valence-electron chi connectivity index (χ3n) is 5.13. The van der Waals surface area contributed by atoms with Crippen LogP contribution in [0.1, 0.15) is 44.7 Å². The SMILES string of the molecule is CCNC(=NCCNC(=O)C(C)C)NC1CCN(Cc2ccccc2C)CC1.I. The Morgan fingerprint density at radius 3 is 2.52 bits per heavy atom. The van der Waals surface area contributed by atoms with Gasteiger partial charge in [0.25, 0.3) is 0 Å². The van der Waals surface area contributed by atoms with E-state index in [0.29, 0.717) is 19.1 Å². The molecule has 1 aromatic rings. The van der Waals surface area contributed by atoms with Gasteiger partial charge in [0.1, 0.15) is 0 Å². The number of aliphatic imine (C=N–C) groups is 1. The zero-order valence-electron chi connectivity index (χ0n) is 18.3. The van der Waals surface area contributed by atoms with Crippen LogP contribution in [0.4, 0.5) is 0 Å². The van der Waals surface area contributed by atoms with Crippen molar-refractivity contribution in [2.24, 2.45) is 10.9 Å². The fraction of sp³-hybridized carbons (Fsp3) is 0.636. The minimum Gasteiger partial charge on any atom is -0.357 e. The summed E-state index contributed by atoms with van der Waals surface area (Å²) < 4.78 is 0. The largest absolute Gasteiger partial charge is 0.357 e. The van der Waals surface area contributed by atoms with Crippen molar-refractivity contribution in [3.8, 4) is 0 Å². The highest BCUT2D eigenvalue weighted by atomic mass is 127. The summed E-state index contributed by atoms with van der Waals surface area (Å²) >= 11 is 0. The molecule has 3 N–H and O–H groups in total. The molecule has 0 saturated carbocycles. The number of guanidine groups is 1. The van der Waals surface area contributed by atoms with Gasteiger partial charge in [0.15, 0.2) is 5.96 Å². The van der Waals surface area contributed by atoms with Crippen molar-refractivity contribution < 1.29 is 4.79 Å².